The Balaban J connectivity index is 1.37. The van der Waals surface area contributed by atoms with Gasteiger partial charge in [0, 0.05) is 43.1 Å². The molecular formula is C23H20F3N3O2. The zero-order valence-electron chi connectivity index (χ0n) is 16.5. The van der Waals surface area contributed by atoms with Gasteiger partial charge in [-0.3, -0.25) is 9.59 Å². The van der Waals surface area contributed by atoms with Crippen molar-refractivity contribution in [1.29, 1.82) is 0 Å². The van der Waals surface area contributed by atoms with Crippen molar-refractivity contribution in [3.05, 3.63) is 72.3 Å². The Kier molecular flexibility index (Phi) is 5.54. The summed E-state index contributed by atoms with van der Waals surface area (Å²) >= 11 is 0. The van der Waals surface area contributed by atoms with Gasteiger partial charge in [0.05, 0.1) is 0 Å². The molecule has 0 aliphatic carbocycles. The Morgan fingerprint density at radius 3 is 2.10 bits per heavy atom. The number of rotatable bonds is 3. The Morgan fingerprint density at radius 2 is 1.45 bits per heavy atom. The van der Waals surface area contributed by atoms with E-state index in [0.717, 1.165) is 21.4 Å². The number of hydrogen-bond donors (Lipinski definition) is 1. The van der Waals surface area contributed by atoms with Gasteiger partial charge in [-0.1, -0.05) is 30.3 Å². The van der Waals surface area contributed by atoms with Gasteiger partial charge in [0.2, 0.25) is 0 Å². The van der Waals surface area contributed by atoms with Gasteiger partial charge in [0.25, 0.3) is 5.91 Å². The minimum atomic E-state index is -4.84. The molecule has 1 aliphatic heterocycles. The fourth-order valence-corrected chi connectivity index (χ4v) is 3.64. The van der Waals surface area contributed by atoms with Gasteiger partial charge in [-0.25, -0.2) is 0 Å². The van der Waals surface area contributed by atoms with Crippen molar-refractivity contribution in [3.63, 3.8) is 0 Å². The average molecular weight is 427 g/mol. The van der Waals surface area contributed by atoms with Crippen LogP contribution in [0.1, 0.15) is 10.4 Å². The van der Waals surface area contributed by atoms with E-state index >= 15 is 0 Å². The third kappa shape index (κ3) is 4.63. The van der Waals surface area contributed by atoms with Crippen LogP contribution in [0.15, 0.2) is 66.7 Å². The van der Waals surface area contributed by atoms with E-state index in [2.05, 4.69) is 5.32 Å². The zero-order chi connectivity index (χ0) is 22.0. The molecule has 1 fully saturated rings. The highest BCUT2D eigenvalue weighted by atomic mass is 19.4. The molecule has 1 aliphatic rings. The molecule has 4 rings (SSSR count). The van der Waals surface area contributed by atoms with Gasteiger partial charge in [0.1, 0.15) is 0 Å². The van der Waals surface area contributed by atoms with E-state index in [4.69, 9.17) is 0 Å². The van der Waals surface area contributed by atoms with E-state index in [-0.39, 0.29) is 19.0 Å². The summed E-state index contributed by atoms with van der Waals surface area (Å²) in [7, 11) is 0. The van der Waals surface area contributed by atoms with Crippen LogP contribution < -0.4 is 10.2 Å². The van der Waals surface area contributed by atoms with Crippen LogP contribution in [0.5, 0.6) is 0 Å². The van der Waals surface area contributed by atoms with E-state index < -0.39 is 12.1 Å². The van der Waals surface area contributed by atoms with Gasteiger partial charge in [-0.2, -0.15) is 13.2 Å². The molecule has 8 heteroatoms. The predicted octanol–water partition coefficient (Wildman–Crippen LogP) is 4.30. The number of fused-ring (bicyclic) bond motifs is 1. The minimum Gasteiger partial charge on any atom is -0.368 e. The van der Waals surface area contributed by atoms with E-state index in [1.54, 1.807) is 30.3 Å². The normalized spacial score (nSPS) is 14.5. The second-order valence-corrected chi connectivity index (χ2v) is 7.34. The van der Waals surface area contributed by atoms with Crippen molar-refractivity contribution in [2.24, 2.45) is 0 Å². The second kappa shape index (κ2) is 8.29. The van der Waals surface area contributed by atoms with Crippen LogP contribution in [0, 0.1) is 0 Å². The van der Waals surface area contributed by atoms with Crippen LogP contribution in [0.2, 0.25) is 0 Å². The molecule has 2 amide bonds. The Labute approximate surface area is 177 Å². The molecule has 0 atom stereocenters. The number of nitrogens with one attached hydrogen (secondary N) is 1. The molecule has 0 saturated carbocycles. The number of hydrogen-bond acceptors (Lipinski definition) is 3. The molecule has 160 valence electrons. The van der Waals surface area contributed by atoms with E-state index in [0.29, 0.717) is 24.3 Å². The SMILES string of the molecule is O=C(Nc1ccc(N2CCN(C(=O)C(F)(F)F)CC2)cc1)c1ccc2ccccc2c1. The van der Waals surface area contributed by atoms with Crippen LogP contribution >= 0.6 is 0 Å². The third-order valence-corrected chi connectivity index (χ3v) is 5.31. The number of piperazine rings is 1. The first-order chi connectivity index (χ1) is 14.8. The van der Waals surface area contributed by atoms with Crippen molar-refractivity contribution in [2.75, 3.05) is 36.4 Å². The summed E-state index contributed by atoms with van der Waals surface area (Å²) < 4.78 is 37.7. The van der Waals surface area contributed by atoms with Crippen molar-refractivity contribution in [1.82, 2.24) is 4.90 Å². The largest absolute Gasteiger partial charge is 0.471 e. The topological polar surface area (TPSA) is 52.7 Å². The van der Waals surface area contributed by atoms with Crippen molar-refractivity contribution < 1.29 is 22.8 Å². The number of carbonyl (C=O) groups is 2. The number of anilines is 2. The average Bonchev–Trinajstić information content (AvgIpc) is 2.78. The summed E-state index contributed by atoms with van der Waals surface area (Å²) in [6.07, 6.45) is -4.84. The van der Waals surface area contributed by atoms with Gasteiger partial charge in [-0.15, -0.1) is 0 Å². The van der Waals surface area contributed by atoms with Crippen LogP contribution in [0.3, 0.4) is 0 Å². The summed E-state index contributed by atoms with van der Waals surface area (Å²) in [5.74, 6) is -2.02. The summed E-state index contributed by atoms with van der Waals surface area (Å²) in [6.45, 7) is 0.646. The molecule has 1 saturated heterocycles. The smallest absolute Gasteiger partial charge is 0.368 e. The van der Waals surface area contributed by atoms with Gasteiger partial charge in [0.15, 0.2) is 0 Å². The number of nitrogens with zero attached hydrogens (tertiary/aromatic N) is 2. The lowest BCUT2D eigenvalue weighted by atomic mass is 10.1. The molecule has 31 heavy (non-hydrogen) atoms. The Hall–Kier alpha value is -3.55. The maximum absolute atomic E-state index is 12.6. The molecule has 0 spiro atoms. The summed E-state index contributed by atoms with van der Waals surface area (Å²) in [4.78, 5) is 26.7. The highest BCUT2D eigenvalue weighted by Crippen LogP contribution is 2.23. The van der Waals surface area contributed by atoms with E-state index in [1.807, 2.05) is 41.3 Å². The lowest BCUT2D eigenvalue weighted by molar-refractivity contribution is -0.185. The van der Waals surface area contributed by atoms with Gasteiger partial charge < -0.3 is 15.1 Å². The van der Waals surface area contributed by atoms with Crippen LogP contribution in [0.4, 0.5) is 24.5 Å². The first kappa shape index (κ1) is 20.7. The molecule has 3 aromatic rings. The number of benzene rings is 3. The quantitative estimate of drug-likeness (QED) is 0.678. The molecular weight excluding hydrogens is 407 g/mol. The Morgan fingerprint density at radius 1 is 0.806 bits per heavy atom. The van der Waals surface area contributed by atoms with Crippen molar-refractivity contribution >= 4 is 34.0 Å². The summed E-state index contributed by atoms with van der Waals surface area (Å²) in [5, 5.41) is 4.89. The molecule has 1 N–H and O–H groups in total. The van der Waals surface area contributed by atoms with Gasteiger partial charge >= 0.3 is 12.1 Å². The molecule has 5 nitrogen and oxygen atoms in total. The molecule has 3 aromatic carbocycles. The number of halogens is 3. The highest BCUT2D eigenvalue weighted by Gasteiger charge is 2.43. The summed E-state index contributed by atoms with van der Waals surface area (Å²) in [5.41, 5.74) is 1.99. The second-order valence-electron chi connectivity index (χ2n) is 7.34. The zero-order valence-corrected chi connectivity index (χ0v) is 16.5. The fraction of sp³-hybridized carbons (Fsp3) is 0.217. The predicted molar refractivity (Wildman–Crippen MR) is 113 cm³/mol. The molecule has 0 unspecified atom stereocenters. The monoisotopic (exact) mass is 427 g/mol. The molecule has 0 aromatic heterocycles. The van der Waals surface area contributed by atoms with Crippen molar-refractivity contribution in [3.8, 4) is 0 Å². The molecule has 1 heterocycles. The first-order valence-corrected chi connectivity index (χ1v) is 9.82. The summed E-state index contributed by atoms with van der Waals surface area (Å²) in [6, 6.07) is 20.4. The highest BCUT2D eigenvalue weighted by molar-refractivity contribution is 6.06. The maximum atomic E-state index is 12.6. The Bertz CT molecular complexity index is 1100. The van der Waals surface area contributed by atoms with Crippen LogP contribution in [0.25, 0.3) is 10.8 Å². The number of alkyl halides is 3. The standard InChI is InChI=1S/C23H20F3N3O2/c24-23(25,26)22(31)29-13-11-28(12-14-29)20-9-7-19(8-10-20)27-21(30)18-6-5-16-3-1-2-4-17(16)15-18/h1-10,15H,11-14H2,(H,27,30). The number of amides is 2. The fourth-order valence-electron chi connectivity index (χ4n) is 3.64. The maximum Gasteiger partial charge on any atom is 0.471 e. The third-order valence-electron chi connectivity index (χ3n) is 5.31. The number of carbonyl (C=O) groups excluding carboxylic acids is 2. The van der Waals surface area contributed by atoms with Crippen molar-refractivity contribution in [2.45, 2.75) is 6.18 Å². The minimum absolute atomic E-state index is 0.0127. The lowest BCUT2D eigenvalue weighted by Crippen LogP contribution is -2.52. The van der Waals surface area contributed by atoms with Crippen LogP contribution in [-0.4, -0.2) is 49.1 Å². The lowest BCUT2D eigenvalue weighted by Gasteiger charge is -2.36. The first-order valence-electron chi connectivity index (χ1n) is 9.82. The van der Waals surface area contributed by atoms with Gasteiger partial charge in [-0.05, 0) is 47.2 Å². The van der Waals surface area contributed by atoms with E-state index in [9.17, 15) is 22.8 Å². The van der Waals surface area contributed by atoms with Crippen LogP contribution in [-0.2, 0) is 4.79 Å². The molecule has 0 radical (unpaired) electrons. The van der Waals surface area contributed by atoms with E-state index in [1.165, 1.54) is 0 Å². The molecule has 0 bridgehead atoms.